The van der Waals surface area contributed by atoms with E-state index in [4.69, 9.17) is 34.8 Å². The van der Waals surface area contributed by atoms with Gasteiger partial charge in [-0.1, -0.05) is 46.6 Å². The number of amides is 1. The predicted molar refractivity (Wildman–Crippen MR) is 91.5 cm³/mol. The highest BCUT2D eigenvalue weighted by Gasteiger charge is 2.17. The third-order valence-electron chi connectivity index (χ3n) is 2.92. The Morgan fingerprint density at radius 1 is 1.18 bits per heavy atom. The van der Waals surface area contributed by atoms with Crippen molar-refractivity contribution in [3.05, 3.63) is 39.5 Å². The lowest BCUT2D eigenvalue weighted by Gasteiger charge is -2.17. The van der Waals surface area contributed by atoms with Gasteiger partial charge in [-0.15, -0.1) is 0 Å². The average Bonchev–Trinajstić information content (AvgIpc) is 2.80. The van der Waals surface area contributed by atoms with E-state index in [1.165, 1.54) is 22.6 Å². The predicted octanol–water partition coefficient (Wildman–Crippen LogP) is 5.30. The zero-order chi connectivity index (χ0) is 16.3. The standard InChI is InChI=1S/C14H14Cl3N3OS/c1-3-19(4-2)14(21)20-8-12(17)13(18-20)22-11-6-9(15)5-10(16)7-11/h5-8H,3-4H2,1-2H3. The van der Waals surface area contributed by atoms with E-state index >= 15 is 0 Å². The van der Waals surface area contributed by atoms with Crippen LogP contribution in [-0.2, 0) is 0 Å². The summed E-state index contributed by atoms with van der Waals surface area (Å²) < 4.78 is 1.25. The van der Waals surface area contributed by atoms with E-state index in [9.17, 15) is 4.79 Å². The highest BCUT2D eigenvalue weighted by Crippen LogP contribution is 2.34. The summed E-state index contributed by atoms with van der Waals surface area (Å²) in [6.07, 6.45) is 1.51. The Bertz CT molecular complexity index is 666. The van der Waals surface area contributed by atoms with Crippen molar-refractivity contribution in [1.82, 2.24) is 14.7 Å². The van der Waals surface area contributed by atoms with Crippen molar-refractivity contribution >= 4 is 52.6 Å². The molecule has 4 nitrogen and oxygen atoms in total. The molecular formula is C14H14Cl3N3OS. The minimum atomic E-state index is -0.206. The second-order valence-corrected chi connectivity index (χ2v) is 6.73. The molecule has 0 radical (unpaired) electrons. The van der Waals surface area contributed by atoms with Gasteiger partial charge in [0.25, 0.3) is 0 Å². The molecule has 0 aliphatic rings. The van der Waals surface area contributed by atoms with Crippen LogP contribution in [0.5, 0.6) is 0 Å². The van der Waals surface area contributed by atoms with E-state index in [2.05, 4.69) is 5.10 Å². The molecule has 0 bridgehead atoms. The molecule has 1 heterocycles. The number of benzene rings is 1. The summed E-state index contributed by atoms with van der Waals surface area (Å²) in [6, 6.07) is 4.97. The molecule has 2 aromatic rings. The molecule has 22 heavy (non-hydrogen) atoms. The summed E-state index contributed by atoms with van der Waals surface area (Å²) in [7, 11) is 0. The topological polar surface area (TPSA) is 38.1 Å². The Kier molecular flexibility index (Phi) is 6.03. The Balaban J connectivity index is 2.24. The highest BCUT2D eigenvalue weighted by atomic mass is 35.5. The quantitative estimate of drug-likeness (QED) is 0.724. The highest BCUT2D eigenvalue weighted by molar-refractivity contribution is 7.99. The lowest BCUT2D eigenvalue weighted by Crippen LogP contribution is -2.34. The molecule has 0 saturated carbocycles. The van der Waals surface area contributed by atoms with Gasteiger partial charge in [0.2, 0.25) is 0 Å². The molecule has 1 amide bonds. The molecule has 8 heteroatoms. The van der Waals surface area contributed by atoms with Crippen LogP contribution < -0.4 is 0 Å². The van der Waals surface area contributed by atoms with E-state index in [0.717, 1.165) is 4.90 Å². The van der Waals surface area contributed by atoms with Gasteiger partial charge in [0.1, 0.15) is 5.03 Å². The van der Waals surface area contributed by atoms with Crippen LogP contribution in [0.1, 0.15) is 13.8 Å². The minimum Gasteiger partial charge on any atom is -0.323 e. The maximum absolute atomic E-state index is 12.2. The van der Waals surface area contributed by atoms with E-state index in [1.54, 1.807) is 23.1 Å². The van der Waals surface area contributed by atoms with E-state index in [0.29, 0.717) is 33.2 Å². The number of rotatable bonds is 4. The molecule has 0 atom stereocenters. The van der Waals surface area contributed by atoms with Gasteiger partial charge in [0.15, 0.2) is 0 Å². The van der Waals surface area contributed by atoms with E-state index in [1.807, 2.05) is 13.8 Å². The Morgan fingerprint density at radius 3 is 2.32 bits per heavy atom. The second-order valence-electron chi connectivity index (χ2n) is 4.39. The Morgan fingerprint density at radius 2 is 1.77 bits per heavy atom. The third kappa shape index (κ3) is 4.10. The molecule has 118 valence electrons. The molecule has 0 aliphatic heterocycles. The number of carbonyl (C=O) groups is 1. The lowest BCUT2D eigenvalue weighted by molar-refractivity contribution is 0.201. The van der Waals surface area contributed by atoms with Gasteiger partial charge in [0.05, 0.1) is 11.2 Å². The van der Waals surface area contributed by atoms with Gasteiger partial charge in [-0.25, -0.2) is 4.79 Å². The molecule has 1 aromatic carbocycles. The number of hydrogen-bond donors (Lipinski definition) is 0. The number of aromatic nitrogens is 2. The molecule has 0 N–H and O–H groups in total. The van der Waals surface area contributed by atoms with E-state index < -0.39 is 0 Å². The molecule has 2 rings (SSSR count). The largest absolute Gasteiger partial charge is 0.344 e. The van der Waals surface area contributed by atoms with Crippen molar-refractivity contribution in [1.29, 1.82) is 0 Å². The zero-order valence-corrected chi connectivity index (χ0v) is 15.1. The summed E-state index contributed by atoms with van der Waals surface area (Å²) in [6.45, 7) is 5.05. The minimum absolute atomic E-state index is 0.206. The molecule has 0 unspecified atom stereocenters. The smallest absolute Gasteiger partial charge is 0.323 e. The molecule has 0 spiro atoms. The van der Waals surface area contributed by atoms with Gasteiger partial charge < -0.3 is 4.90 Å². The van der Waals surface area contributed by atoms with Crippen LogP contribution in [0.2, 0.25) is 15.1 Å². The van der Waals surface area contributed by atoms with Gasteiger partial charge in [0, 0.05) is 28.0 Å². The van der Waals surface area contributed by atoms with Crippen LogP contribution in [-0.4, -0.2) is 33.8 Å². The van der Waals surface area contributed by atoms with Crippen molar-refractivity contribution in [3.8, 4) is 0 Å². The molecular weight excluding hydrogens is 365 g/mol. The van der Waals surface area contributed by atoms with Crippen LogP contribution in [0.3, 0.4) is 0 Å². The van der Waals surface area contributed by atoms with Crippen molar-refractivity contribution in [2.45, 2.75) is 23.8 Å². The normalized spacial score (nSPS) is 10.8. The number of halogens is 3. The first kappa shape index (κ1) is 17.5. The Labute approximate surface area is 148 Å². The summed E-state index contributed by atoms with van der Waals surface area (Å²) in [5.41, 5.74) is 0. The molecule has 0 saturated heterocycles. The fourth-order valence-electron chi connectivity index (χ4n) is 1.84. The first-order valence-electron chi connectivity index (χ1n) is 6.63. The van der Waals surface area contributed by atoms with Crippen LogP contribution in [0.4, 0.5) is 4.79 Å². The fraction of sp³-hybridized carbons (Fsp3) is 0.286. The number of carbonyl (C=O) groups excluding carboxylic acids is 1. The molecule has 0 aliphatic carbocycles. The van der Waals surface area contributed by atoms with Gasteiger partial charge >= 0.3 is 6.03 Å². The average molecular weight is 379 g/mol. The first-order chi connectivity index (χ1) is 10.4. The summed E-state index contributed by atoms with van der Waals surface area (Å²) in [5.74, 6) is 0. The lowest BCUT2D eigenvalue weighted by atomic mass is 10.4. The summed E-state index contributed by atoms with van der Waals surface area (Å²) >= 11 is 19.4. The number of hydrogen-bond acceptors (Lipinski definition) is 3. The van der Waals surface area contributed by atoms with Crippen molar-refractivity contribution < 1.29 is 4.79 Å². The molecule has 1 aromatic heterocycles. The zero-order valence-electron chi connectivity index (χ0n) is 12.0. The Hall–Kier alpha value is -0.880. The van der Waals surface area contributed by atoms with Gasteiger partial charge in [-0.05, 0) is 32.0 Å². The van der Waals surface area contributed by atoms with Crippen LogP contribution >= 0.6 is 46.6 Å². The third-order valence-corrected chi connectivity index (χ3v) is 4.71. The SMILES string of the molecule is CCN(CC)C(=O)n1cc(Cl)c(Sc2cc(Cl)cc(Cl)c2)n1. The van der Waals surface area contributed by atoms with Crippen LogP contribution in [0, 0.1) is 0 Å². The van der Waals surface area contributed by atoms with Gasteiger partial charge in [-0.3, -0.25) is 0 Å². The number of nitrogens with zero attached hydrogens (tertiary/aromatic N) is 3. The van der Waals surface area contributed by atoms with Crippen LogP contribution in [0.25, 0.3) is 0 Å². The van der Waals surface area contributed by atoms with Crippen molar-refractivity contribution in [3.63, 3.8) is 0 Å². The monoisotopic (exact) mass is 377 g/mol. The summed E-state index contributed by atoms with van der Waals surface area (Å²) in [4.78, 5) is 14.7. The van der Waals surface area contributed by atoms with Crippen molar-refractivity contribution in [2.24, 2.45) is 0 Å². The molecule has 0 fully saturated rings. The maximum Gasteiger partial charge on any atom is 0.344 e. The van der Waals surface area contributed by atoms with Gasteiger partial charge in [-0.2, -0.15) is 9.78 Å². The van der Waals surface area contributed by atoms with E-state index in [-0.39, 0.29) is 6.03 Å². The second kappa shape index (κ2) is 7.59. The van der Waals surface area contributed by atoms with Crippen molar-refractivity contribution in [2.75, 3.05) is 13.1 Å². The first-order valence-corrected chi connectivity index (χ1v) is 8.58. The maximum atomic E-state index is 12.2. The fourth-order valence-corrected chi connectivity index (χ4v) is 3.62. The van der Waals surface area contributed by atoms with Crippen LogP contribution in [0.15, 0.2) is 34.3 Å². The summed E-state index contributed by atoms with van der Waals surface area (Å²) in [5, 5.41) is 6.25.